The van der Waals surface area contributed by atoms with E-state index in [4.69, 9.17) is 9.72 Å². The number of hydrogen-bond acceptors (Lipinski definition) is 8. The Morgan fingerprint density at radius 3 is 2.88 bits per heavy atom. The van der Waals surface area contributed by atoms with Gasteiger partial charge in [0.05, 0.1) is 23.9 Å². The van der Waals surface area contributed by atoms with Crippen LogP contribution < -0.4 is 9.64 Å². The summed E-state index contributed by atoms with van der Waals surface area (Å²) in [6.45, 7) is 7.21. The van der Waals surface area contributed by atoms with E-state index in [-0.39, 0.29) is 11.9 Å². The third-order valence-corrected chi connectivity index (χ3v) is 6.90. The molecule has 3 aromatic rings. The van der Waals surface area contributed by atoms with Crippen molar-refractivity contribution in [3.8, 4) is 17.4 Å². The number of aromatic nitrogens is 4. The lowest BCUT2D eigenvalue weighted by Crippen LogP contribution is -2.34. The summed E-state index contributed by atoms with van der Waals surface area (Å²) in [7, 11) is 0. The van der Waals surface area contributed by atoms with E-state index < -0.39 is 0 Å². The van der Waals surface area contributed by atoms with Gasteiger partial charge in [-0.05, 0) is 32.8 Å². The standard InChI is InChI=1S/C24H28N6O2S/c1-16-11-18(12-22(27-16)32-10-4-8-29-7-3-5-23(29)31)30-9-6-20-19(17(30)2)13-25-24(28-20)21-14-33-15-26-21/h11-15,17H,3-10H2,1-2H3. The van der Waals surface area contributed by atoms with Crippen LogP contribution in [0.15, 0.2) is 29.2 Å². The van der Waals surface area contributed by atoms with Crippen LogP contribution >= 0.6 is 11.3 Å². The predicted molar refractivity (Wildman–Crippen MR) is 128 cm³/mol. The summed E-state index contributed by atoms with van der Waals surface area (Å²) in [6.07, 6.45) is 5.25. The summed E-state index contributed by atoms with van der Waals surface area (Å²) >= 11 is 1.55. The molecule has 1 amide bonds. The molecule has 0 spiro atoms. The van der Waals surface area contributed by atoms with Crippen LogP contribution in [0.4, 0.5) is 5.69 Å². The van der Waals surface area contributed by atoms with Crippen molar-refractivity contribution in [1.82, 2.24) is 24.8 Å². The third kappa shape index (κ3) is 4.68. The number of thiazole rings is 1. The highest BCUT2D eigenvalue weighted by Gasteiger charge is 2.27. The molecule has 0 saturated carbocycles. The molecule has 5 rings (SSSR count). The smallest absolute Gasteiger partial charge is 0.222 e. The number of carbonyl (C=O) groups is 1. The summed E-state index contributed by atoms with van der Waals surface area (Å²) in [6, 6.07) is 4.26. The van der Waals surface area contributed by atoms with E-state index in [0.717, 1.165) is 67.2 Å². The number of ether oxygens (including phenoxy) is 1. The fourth-order valence-electron chi connectivity index (χ4n) is 4.60. The highest BCUT2D eigenvalue weighted by molar-refractivity contribution is 7.07. The number of carbonyl (C=O) groups excluding carboxylic acids is 1. The molecule has 9 heteroatoms. The second kappa shape index (κ2) is 9.43. The lowest BCUT2D eigenvalue weighted by atomic mass is 9.98. The average Bonchev–Trinajstić information content (AvgIpc) is 3.48. The summed E-state index contributed by atoms with van der Waals surface area (Å²) in [5.74, 6) is 1.58. The molecule has 0 aromatic carbocycles. The molecule has 1 unspecified atom stereocenters. The maximum atomic E-state index is 11.8. The molecule has 0 aliphatic carbocycles. The number of fused-ring (bicyclic) bond motifs is 1. The molecule has 3 aromatic heterocycles. The molecule has 33 heavy (non-hydrogen) atoms. The van der Waals surface area contributed by atoms with E-state index >= 15 is 0 Å². The lowest BCUT2D eigenvalue weighted by molar-refractivity contribution is -0.127. The fourth-order valence-corrected chi connectivity index (χ4v) is 5.13. The van der Waals surface area contributed by atoms with Crippen LogP contribution in [0.1, 0.15) is 49.2 Å². The van der Waals surface area contributed by atoms with Crippen LogP contribution in [0.3, 0.4) is 0 Å². The fraction of sp³-hybridized carbons (Fsp3) is 0.458. The zero-order valence-electron chi connectivity index (χ0n) is 19.0. The molecular formula is C24H28N6O2S. The van der Waals surface area contributed by atoms with Gasteiger partial charge >= 0.3 is 0 Å². The van der Waals surface area contributed by atoms with Gasteiger partial charge in [-0.3, -0.25) is 4.79 Å². The SMILES string of the molecule is Cc1cc(N2CCc3nc(-c4cscn4)ncc3C2C)cc(OCCCN2CCCC2=O)n1. The van der Waals surface area contributed by atoms with Crippen molar-refractivity contribution in [3.05, 3.63) is 46.2 Å². The van der Waals surface area contributed by atoms with Crippen molar-refractivity contribution >= 4 is 22.9 Å². The minimum atomic E-state index is 0.147. The molecule has 0 bridgehead atoms. The maximum absolute atomic E-state index is 11.8. The quantitative estimate of drug-likeness (QED) is 0.492. The number of likely N-dealkylation sites (tertiary alicyclic amines) is 1. The van der Waals surface area contributed by atoms with Crippen LogP contribution in [-0.2, 0) is 11.2 Å². The molecule has 2 aliphatic rings. The maximum Gasteiger partial charge on any atom is 0.222 e. The van der Waals surface area contributed by atoms with Crippen LogP contribution in [-0.4, -0.2) is 57.0 Å². The largest absolute Gasteiger partial charge is 0.478 e. The third-order valence-electron chi connectivity index (χ3n) is 6.31. The molecule has 0 N–H and O–H groups in total. The number of anilines is 1. The van der Waals surface area contributed by atoms with Gasteiger partial charge in [-0.2, -0.15) is 0 Å². The van der Waals surface area contributed by atoms with Crippen LogP contribution in [0.5, 0.6) is 5.88 Å². The minimum Gasteiger partial charge on any atom is -0.478 e. The Labute approximate surface area is 197 Å². The van der Waals surface area contributed by atoms with Crippen LogP contribution in [0, 0.1) is 6.92 Å². The lowest BCUT2D eigenvalue weighted by Gasteiger charge is -2.36. The Morgan fingerprint density at radius 1 is 1.18 bits per heavy atom. The first-order valence-corrected chi connectivity index (χ1v) is 12.4. The topological polar surface area (TPSA) is 84.3 Å². The first-order chi connectivity index (χ1) is 16.1. The second-order valence-corrected chi connectivity index (χ2v) is 9.30. The number of amides is 1. The van der Waals surface area contributed by atoms with Gasteiger partial charge in [-0.15, -0.1) is 11.3 Å². The monoisotopic (exact) mass is 464 g/mol. The number of nitrogens with zero attached hydrogens (tertiary/aromatic N) is 6. The van der Waals surface area contributed by atoms with E-state index in [9.17, 15) is 4.79 Å². The molecule has 1 atom stereocenters. The Hall–Kier alpha value is -3.07. The molecule has 172 valence electrons. The summed E-state index contributed by atoms with van der Waals surface area (Å²) in [5.41, 5.74) is 6.89. The van der Waals surface area contributed by atoms with E-state index in [2.05, 4.69) is 32.8 Å². The molecular weight excluding hydrogens is 436 g/mol. The number of pyridine rings is 1. The van der Waals surface area contributed by atoms with Crippen molar-refractivity contribution in [1.29, 1.82) is 0 Å². The van der Waals surface area contributed by atoms with Crippen molar-refractivity contribution in [2.75, 3.05) is 31.1 Å². The Kier molecular flexibility index (Phi) is 6.22. The van der Waals surface area contributed by atoms with Crippen molar-refractivity contribution in [3.63, 3.8) is 0 Å². The highest BCUT2D eigenvalue weighted by Crippen LogP contribution is 2.34. The first kappa shape index (κ1) is 21.8. The molecule has 0 radical (unpaired) electrons. The van der Waals surface area contributed by atoms with Gasteiger partial charge in [0.2, 0.25) is 11.8 Å². The molecule has 1 saturated heterocycles. The Balaban J connectivity index is 1.26. The normalized spacial score (nSPS) is 18.0. The molecule has 5 heterocycles. The van der Waals surface area contributed by atoms with Gasteiger partial charge in [0, 0.05) is 67.1 Å². The van der Waals surface area contributed by atoms with E-state index in [1.807, 2.05) is 29.5 Å². The number of rotatable bonds is 7. The summed E-state index contributed by atoms with van der Waals surface area (Å²) < 4.78 is 5.97. The molecule has 8 nitrogen and oxygen atoms in total. The average molecular weight is 465 g/mol. The van der Waals surface area contributed by atoms with Gasteiger partial charge in [0.15, 0.2) is 5.82 Å². The number of hydrogen-bond donors (Lipinski definition) is 0. The summed E-state index contributed by atoms with van der Waals surface area (Å²) in [5, 5.41) is 1.98. The van der Waals surface area contributed by atoms with Gasteiger partial charge in [-0.25, -0.2) is 19.9 Å². The number of aryl methyl sites for hydroxylation is 1. The zero-order valence-corrected chi connectivity index (χ0v) is 19.8. The van der Waals surface area contributed by atoms with Crippen molar-refractivity contribution in [2.24, 2.45) is 0 Å². The molecule has 2 aliphatic heterocycles. The van der Waals surface area contributed by atoms with E-state index in [1.54, 1.807) is 16.8 Å². The van der Waals surface area contributed by atoms with Gasteiger partial charge in [-0.1, -0.05) is 0 Å². The Bertz CT molecular complexity index is 1140. The Morgan fingerprint density at radius 2 is 2.09 bits per heavy atom. The molecule has 1 fully saturated rings. The second-order valence-electron chi connectivity index (χ2n) is 8.58. The first-order valence-electron chi connectivity index (χ1n) is 11.5. The van der Waals surface area contributed by atoms with Crippen molar-refractivity contribution in [2.45, 2.75) is 45.6 Å². The van der Waals surface area contributed by atoms with Crippen LogP contribution in [0.25, 0.3) is 11.5 Å². The predicted octanol–water partition coefficient (Wildman–Crippen LogP) is 3.82. The minimum absolute atomic E-state index is 0.147. The van der Waals surface area contributed by atoms with Crippen LogP contribution in [0.2, 0.25) is 0 Å². The van der Waals surface area contributed by atoms with Gasteiger partial charge in [0.25, 0.3) is 0 Å². The zero-order chi connectivity index (χ0) is 22.8. The summed E-state index contributed by atoms with van der Waals surface area (Å²) in [4.78, 5) is 34.3. The van der Waals surface area contributed by atoms with Gasteiger partial charge < -0.3 is 14.5 Å². The van der Waals surface area contributed by atoms with Gasteiger partial charge in [0.1, 0.15) is 5.69 Å². The highest BCUT2D eigenvalue weighted by atomic mass is 32.1. The van der Waals surface area contributed by atoms with E-state index in [1.165, 1.54) is 0 Å². The van der Waals surface area contributed by atoms with E-state index in [0.29, 0.717) is 24.7 Å². The van der Waals surface area contributed by atoms with Crippen molar-refractivity contribution < 1.29 is 9.53 Å².